The van der Waals surface area contributed by atoms with E-state index in [9.17, 15) is 4.79 Å². The Balaban J connectivity index is 0.00000162. The van der Waals surface area contributed by atoms with Gasteiger partial charge in [-0.05, 0) is 43.7 Å². The summed E-state index contributed by atoms with van der Waals surface area (Å²) in [6, 6.07) is 0. The molecule has 0 radical (unpaired) electrons. The molecule has 0 aromatic heterocycles. The molecule has 106 valence electrons. The van der Waals surface area contributed by atoms with Gasteiger partial charge in [-0.1, -0.05) is 26.7 Å². The summed E-state index contributed by atoms with van der Waals surface area (Å²) in [6.45, 7) is 7.30. The number of halogens is 1. The number of carbonyl (C=O) groups excluding carboxylic acids is 1. The molecule has 2 rings (SSSR count). The summed E-state index contributed by atoms with van der Waals surface area (Å²) in [6.07, 6.45) is 5.29. The van der Waals surface area contributed by atoms with Gasteiger partial charge in [0.15, 0.2) is 0 Å². The predicted molar refractivity (Wildman–Crippen MR) is 76.9 cm³/mol. The highest BCUT2D eigenvalue weighted by Gasteiger charge is 2.29. The highest BCUT2D eigenvalue weighted by atomic mass is 35.5. The highest BCUT2D eigenvalue weighted by molar-refractivity contribution is 5.85. The molecule has 2 aliphatic rings. The van der Waals surface area contributed by atoms with Gasteiger partial charge >= 0.3 is 0 Å². The number of hydrogen-bond donors (Lipinski definition) is 2. The molecule has 4 heteroatoms. The van der Waals surface area contributed by atoms with Crippen molar-refractivity contribution < 1.29 is 4.79 Å². The van der Waals surface area contributed by atoms with E-state index in [0.717, 1.165) is 31.5 Å². The van der Waals surface area contributed by atoms with Gasteiger partial charge in [-0.2, -0.15) is 0 Å². The molecule has 1 amide bonds. The Kier molecular flexibility index (Phi) is 6.44. The van der Waals surface area contributed by atoms with Crippen molar-refractivity contribution in [3.8, 4) is 0 Å². The lowest BCUT2D eigenvalue weighted by molar-refractivity contribution is -0.126. The molecule has 2 fully saturated rings. The molecule has 1 aliphatic carbocycles. The third-order valence-corrected chi connectivity index (χ3v) is 4.54. The van der Waals surface area contributed by atoms with Crippen LogP contribution >= 0.6 is 12.4 Å². The van der Waals surface area contributed by atoms with Crippen molar-refractivity contribution in [2.45, 2.75) is 39.5 Å². The van der Waals surface area contributed by atoms with Crippen molar-refractivity contribution in [1.82, 2.24) is 10.6 Å². The third-order valence-electron chi connectivity index (χ3n) is 4.54. The van der Waals surface area contributed by atoms with Crippen LogP contribution in [0.3, 0.4) is 0 Å². The van der Waals surface area contributed by atoms with Crippen molar-refractivity contribution in [3.63, 3.8) is 0 Å². The number of hydrogen-bond acceptors (Lipinski definition) is 2. The average molecular weight is 275 g/mol. The monoisotopic (exact) mass is 274 g/mol. The maximum atomic E-state index is 12.0. The summed E-state index contributed by atoms with van der Waals surface area (Å²) in [7, 11) is 0. The van der Waals surface area contributed by atoms with Gasteiger partial charge in [0, 0.05) is 12.5 Å². The van der Waals surface area contributed by atoms with Crippen molar-refractivity contribution in [2.24, 2.45) is 23.7 Å². The first-order valence-corrected chi connectivity index (χ1v) is 7.15. The number of rotatable bonds is 4. The van der Waals surface area contributed by atoms with Gasteiger partial charge in [0.05, 0.1) is 0 Å². The molecule has 3 unspecified atom stereocenters. The SMILES string of the molecule is CC1CCCC(CNC(=O)C(C)C2CNC2)C1.Cl. The first-order chi connectivity index (χ1) is 8.16. The van der Waals surface area contributed by atoms with Gasteiger partial charge in [-0.15, -0.1) is 12.4 Å². The van der Waals surface area contributed by atoms with E-state index in [2.05, 4.69) is 24.5 Å². The summed E-state index contributed by atoms with van der Waals surface area (Å²) in [5.74, 6) is 2.56. The molecular formula is C14H27ClN2O. The summed E-state index contributed by atoms with van der Waals surface area (Å²) < 4.78 is 0. The fourth-order valence-electron chi connectivity index (χ4n) is 3.03. The van der Waals surface area contributed by atoms with Crippen molar-refractivity contribution in [2.75, 3.05) is 19.6 Å². The molecule has 3 atom stereocenters. The van der Waals surface area contributed by atoms with Gasteiger partial charge in [0.2, 0.25) is 5.91 Å². The van der Waals surface area contributed by atoms with E-state index in [1.807, 2.05) is 0 Å². The van der Waals surface area contributed by atoms with E-state index in [1.54, 1.807) is 0 Å². The summed E-state index contributed by atoms with van der Waals surface area (Å²) in [4.78, 5) is 12.0. The predicted octanol–water partition coefficient (Wildman–Crippen LogP) is 2.21. The zero-order chi connectivity index (χ0) is 12.3. The largest absolute Gasteiger partial charge is 0.356 e. The molecule has 3 nitrogen and oxygen atoms in total. The van der Waals surface area contributed by atoms with Crippen LogP contribution in [0, 0.1) is 23.7 Å². The van der Waals surface area contributed by atoms with Crippen LogP contribution in [0.15, 0.2) is 0 Å². The fourth-order valence-corrected chi connectivity index (χ4v) is 3.03. The maximum Gasteiger partial charge on any atom is 0.223 e. The van der Waals surface area contributed by atoms with Crippen LogP contribution in [0.4, 0.5) is 0 Å². The molecule has 0 aromatic carbocycles. The topological polar surface area (TPSA) is 41.1 Å². The Morgan fingerprint density at radius 1 is 1.39 bits per heavy atom. The van der Waals surface area contributed by atoms with E-state index >= 15 is 0 Å². The van der Waals surface area contributed by atoms with E-state index < -0.39 is 0 Å². The second-order valence-corrected chi connectivity index (χ2v) is 6.09. The van der Waals surface area contributed by atoms with E-state index in [-0.39, 0.29) is 24.2 Å². The maximum absolute atomic E-state index is 12.0. The molecule has 1 aliphatic heterocycles. The molecule has 1 saturated carbocycles. The lowest BCUT2D eigenvalue weighted by atomic mass is 9.82. The summed E-state index contributed by atoms with van der Waals surface area (Å²) in [5, 5.41) is 6.38. The molecule has 2 N–H and O–H groups in total. The third kappa shape index (κ3) is 4.13. The van der Waals surface area contributed by atoms with Gasteiger partial charge in [0.25, 0.3) is 0 Å². The molecule has 0 spiro atoms. The fraction of sp³-hybridized carbons (Fsp3) is 0.929. The lowest BCUT2D eigenvalue weighted by Crippen LogP contribution is -2.50. The summed E-state index contributed by atoms with van der Waals surface area (Å²) >= 11 is 0. The first-order valence-electron chi connectivity index (χ1n) is 7.15. The molecule has 0 bridgehead atoms. The molecule has 1 heterocycles. The van der Waals surface area contributed by atoms with Crippen molar-refractivity contribution >= 4 is 18.3 Å². The quantitative estimate of drug-likeness (QED) is 0.825. The van der Waals surface area contributed by atoms with Crippen LogP contribution in [-0.2, 0) is 4.79 Å². The minimum Gasteiger partial charge on any atom is -0.356 e. The lowest BCUT2D eigenvalue weighted by Gasteiger charge is -2.32. The Bertz CT molecular complexity index is 269. The van der Waals surface area contributed by atoms with E-state index in [0.29, 0.717) is 5.92 Å². The number of amides is 1. The van der Waals surface area contributed by atoms with Gasteiger partial charge in [0.1, 0.15) is 0 Å². The number of nitrogens with one attached hydrogen (secondary N) is 2. The van der Waals surface area contributed by atoms with Crippen LogP contribution < -0.4 is 10.6 Å². The Labute approximate surface area is 117 Å². The van der Waals surface area contributed by atoms with Crippen LogP contribution in [-0.4, -0.2) is 25.5 Å². The number of carbonyl (C=O) groups is 1. The zero-order valence-corrected chi connectivity index (χ0v) is 12.4. The normalized spacial score (nSPS) is 29.9. The van der Waals surface area contributed by atoms with E-state index in [1.165, 1.54) is 25.7 Å². The minimum absolute atomic E-state index is 0. The first kappa shape index (κ1) is 15.8. The molecule has 1 saturated heterocycles. The Morgan fingerprint density at radius 3 is 2.67 bits per heavy atom. The van der Waals surface area contributed by atoms with Crippen molar-refractivity contribution in [3.05, 3.63) is 0 Å². The van der Waals surface area contributed by atoms with Gasteiger partial charge < -0.3 is 10.6 Å². The standard InChI is InChI=1S/C14H26N2O.ClH/c1-10-4-3-5-12(6-10)7-16-14(17)11(2)13-8-15-9-13;/h10-13,15H,3-9H2,1-2H3,(H,16,17);1H. The van der Waals surface area contributed by atoms with Crippen molar-refractivity contribution in [1.29, 1.82) is 0 Å². The summed E-state index contributed by atoms with van der Waals surface area (Å²) in [5.41, 5.74) is 0. The second-order valence-electron chi connectivity index (χ2n) is 6.09. The smallest absolute Gasteiger partial charge is 0.223 e. The highest BCUT2D eigenvalue weighted by Crippen LogP contribution is 2.28. The molecule has 0 aromatic rings. The van der Waals surface area contributed by atoms with Crippen LogP contribution in [0.2, 0.25) is 0 Å². The minimum atomic E-state index is 0. The van der Waals surface area contributed by atoms with Crippen LogP contribution in [0.5, 0.6) is 0 Å². The zero-order valence-electron chi connectivity index (χ0n) is 11.6. The van der Waals surface area contributed by atoms with Gasteiger partial charge in [-0.25, -0.2) is 0 Å². The Morgan fingerprint density at radius 2 is 2.11 bits per heavy atom. The van der Waals surface area contributed by atoms with Crippen LogP contribution in [0.1, 0.15) is 39.5 Å². The molecular weight excluding hydrogens is 248 g/mol. The molecule has 18 heavy (non-hydrogen) atoms. The average Bonchev–Trinajstić information content (AvgIpc) is 2.23. The Hall–Kier alpha value is -0.280. The van der Waals surface area contributed by atoms with Gasteiger partial charge in [-0.3, -0.25) is 4.79 Å². The van der Waals surface area contributed by atoms with Crippen LogP contribution in [0.25, 0.3) is 0 Å². The van der Waals surface area contributed by atoms with E-state index in [4.69, 9.17) is 0 Å². The second kappa shape index (κ2) is 7.34.